The number of carboxylic acid groups (broad SMARTS) is 1. The van der Waals surface area contributed by atoms with Crippen LogP contribution in [0.25, 0.3) is 0 Å². The number of hydrogen-bond donors (Lipinski definition) is 1. The number of carbonyl (C=O) groups is 2. The van der Waals surface area contributed by atoms with Crippen molar-refractivity contribution in [1.82, 2.24) is 0 Å². The fourth-order valence-corrected chi connectivity index (χ4v) is 6.59. The number of rotatable bonds is 39. The van der Waals surface area contributed by atoms with Crippen molar-refractivity contribution >= 4 is 11.9 Å². The van der Waals surface area contributed by atoms with Gasteiger partial charge in [0.2, 0.25) is 0 Å². The highest BCUT2D eigenvalue weighted by Gasteiger charge is 2.14. The van der Waals surface area contributed by atoms with Crippen molar-refractivity contribution in [3.05, 3.63) is 12.2 Å². The Bertz CT molecular complexity index is 673. The lowest BCUT2D eigenvalue weighted by Gasteiger charge is -2.18. The van der Waals surface area contributed by atoms with Crippen LogP contribution in [0.15, 0.2) is 12.2 Å². The van der Waals surface area contributed by atoms with Gasteiger partial charge in [0.15, 0.2) is 0 Å². The molecule has 0 amide bonds. The molecule has 0 rings (SSSR count). The predicted octanol–water partition coefficient (Wildman–Crippen LogP) is 14.6. The molecule has 1 unspecified atom stereocenters. The summed E-state index contributed by atoms with van der Waals surface area (Å²) in [5.74, 6) is -0.698. The number of allylic oxidation sites excluding steroid dienone is 2. The minimum Gasteiger partial charge on any atom is -0.481 e. The normalized spacial score (nSPS) is 12.2. The van der Waals surface area contributed by atoms with Crippen LogP contribution in [0.5, 0.6) is 0 Å². The lowest BCUT2D eigenvalue weighted by Crippen LogP contribution is -2.18. The molecule has 0 spiro atoms. The zero-order chi connectivity index (χ0) is 34.3. The summed E-state index contributed by atoms with van der Waals surface area (Å²) in [6.45, 7) is 4.54. The Hall–Kier alpha value is -1.32. The van der Waals surface area contributed by atoms with E-state index in [-0.39, 0.29) is 18.5 Å². The summed E-state index contributed by atoms with van der Waals surface area (Å²) in [5, 5.41) is 8.79. The molecule has 4 heteroatoms. The summed E-state index contributed by atoms with van der Waals surface area (Å²) in [6, 6.07) is 0. The van der Waals surface area contributed by atoms with Gasteiger partial charge in [0.1, 0.15) is 6.10 Å². The van der Waals surface area contributed by atoms with Crippen LogP contribution in [0, 0.1) is 0 Å². The quantitative estimate of drug-likeness (QED) is 0.0404. The van der Waals surface area contributed by atoms with Crippen molar-refractivity contribution in [3.8, 4) is 0 Å². The molecule has 0 aromatic rings. The molecule has 47 heavy (non-hydrogen) atoms. The van der Waals surface area contributed by atoms with Gasteiger partial charge in [-0.15, -0.1) is 0 Å². The molecule has 0 aromatic heterocycles. The van der Waals surface area contributed by atoms with Crippen LogP contribution in [0.3, 0.4) is 0 Å². The highest BCUT2D eigenvalue weighted by molar-refractivity contribution is 5.69. The molecule has 0 aliphatic rings. The van der Waals surface area contributed by atoms with Crippen LogP contribution in [0.2, 0.25) is 0 Å². The minimum absolute atomic E-state index is 0.00132. The molecule has 0 saturated carbocycles. The predicted molar refractivity (Wildman–Crippen MR) is 204 cm³/mol. The minimum atomic E-state index is -0.699. The Labute approximate surface area is 294 Å². The topological polar surface area (TPSA) is 63.6 Å². The van der Waals surface area contributed by atoms with Gasteiger partial charge in [-0.25, -0.2) is 0 Å². The van der Waals surface area contributed by atoms with Gasteiger partial charge in [-0.1, -0.05) is 180 Å². The van der Waals surface area contributed by atoms with Gasteiger partial charge >= 0.3 is 11.9 Å². The zero-order valence-electron chi connectivity index (χ0n) is 31.9. The van der Waals surface area contributed by atoms with Crippen LogP contribution in [-0.2, 0) is 14.3 Å². The van der Waals surface area contributed by atoms with E-state index < -0.39 is 5.97 Å². The first kappa shape index (κ1) is 45.7. The van der Waals surface area contributed by atoms with Gasteiger partial charge in [0.25, 0.3) is 0 Å². The molecule has 0 heterocycles. The highest BCUT2D eigenvalue weighted by Crippen LogP contribution is 2.19. The average molecular weight is 663 g/mol. The van der Waals surface area contributed by atoms with Crippen LogP contribution in [0.1, 0.15) is 245 Å². The summed E-state index contributed by atoms with van der Waals surface area (Å²) in [7, 11) is 0. The van der Waals surface area contributed by atoms with Crippen molar-refractivity contribution in [2.75, 3.05) is 0 Å². The Morgan fingerprint density at radius 3 is 1.15 bits per heavy atom. The van der Waals surface area contributed by atoms with Crippen LogP contribution in [-0.4, -0.2) is 23.1 Å². The van der Waals surface area contributed by atoms with E-state index in [0.29, 0.717) is 6.42 Å². The summed E-state index contributed by atoms with van der Waals surface area (Å²) in [6.07, 6.45) is 48.3. The molecular formula is C43H82O4. The Kier molecular flexibility index (Phi) is 38.0. The smallest absolute Gasteiger partial charge is 0.306 e. The molecule has 0 bridgehead atoms. The lowest BCUT2D eigenvalue weighted by molar-refractivity contribution is -0.150. The van der Waals surface area contributed by atoms with Gasteiger partial charge in [0, 0.05) is 12.8 Å². The molecule has 0 aliphatic heterocycles. The Morgan fingerprint density at radius 2 is 0.766 bits per heavy atom. The monoisotopic (exact) mass is 663 g/mol. The van der Waals surface area contributed by atoms with Gasteiger partial charge in [0.05, 0.1) is 0 Å². The molecule has 0 aliphatic carbocycles. The SMILES string of the molecule is CCCCCCCCCC/C=C\CCCCCCCCCCCCCC(=O)OC(CCCCCCCC)CCCCCCCC(=O)O. The summed E-state index contributed by atoms with van der Waals surface area (Å²) < 4.78 is 5.97. The number of carboxylic acids is 1. The fraction of sp³-hybridized carbons (Fsp3) is 0.907. The molecule has 0 saturated heterocycles. The van der Waals surface area contributed by atoms with E-state index in [9.17, 15) is 9.59 Å². The molecular weight excluding hydrogens is 580 g/mol. The molecule has 4 nitrogen and oxygen atoms in total. The van der Waals surface area contributed by atoms with Gasteiger partial charge in [-0.3, -0.25) is 9.59 Å². The fourth-order valence-electron chi connectivity index (χ4n) is 6.59. The van der Waals surface area contributed by atoms with Crippen LogP contribution >= 0.6 is 0 Å². The maximum absolute atomic E-state index is 12.6. The largest absolute Gasteiger partial charge is 0.481 e. The molecule has 0 aromatic carbocycles. The van der Waals surface area contributed by atoms with E-state index in [0.717, 1.165) is 64.2 Å². The van der Waals surface area contributed by atoms with Crippen LogP contribution in [0.4, 0.5) is 0 Å². The van der Waals surface area contributed by atoms with Crippen LogP contribution < -0.4 is 0 Å². The second-order valence-electron chi connectivity index (χ2n) is 14.5. The second kappa shape index (κ2) is 39.1. The van der Waals surface area contributed by atoms with E-state index in [1.807, 2.05) is 0 Å². The maximum Gasteiger partial charge on any atom is 0.306 e. The van der Waals surface area contributed by atoms with E-state index in [2.05, 4.69) is 26.0 Å². The number of ether oxygens (including phenoxy) is 1. The van der Waals surface area contributed by atoms with Crippen molar-refractivity contribution in [3.63, 3.8) is 0 Å². The highest BCUT2D eigenvalue weighted by atomic mass is 16.5. The number of esters is 1. The first-order chi connectivity index (χ1) is 23.1. The number of unbranched alkanes of at least 4 members (excludes halogenated alkanes) is 28. The van der Waals surface area contributed by atoms with E-state index in [1.165, 1.54) is 154 Å². The van der Waals surface area contributed by atoms with Gasteiger partial charge in [-0.05, 0) is 64.2 Å². The number of aliphatic carboxylic acids is 1. The van der Waals surface area contributed by atoms with Crippen molar-refractivity contribution in [1.29, 1.82) is 0 Å². The summed E-state index contributed by atoms with van der Waals surface area (Å²) in [5.41, 5.74) is 0. The lowest BCUT2D eigenvalue weighted by atomic mass is 10.0. The number of carbonyl (C=O) groups excluding carboxylic acids is 1. The van der Waals surface area contributed by atoms with Crippen molar-refractivity contribution in [2.45, 2.75) is 251 Å². The third-order valence-corrected chi connectivity index (χ3v) is 9.74. The summed E-state index contributed by atoms with van der Waals surface area (Å²) in [4.78, 5) is 23.3. The molecule has 0 fully saturated rings. The van der Waals surface area contributed by atoms with Crippen molar-refractivity contribution < 1.29 is 19.4 Å². The molecule has 278 valence electrons. The molecule has 0 radical (unpaired) electrons. The first-order valence-corrected chi connectivity index (χ1v) is 21.2. The second-order valence-corrected chi connectivity index (χ2v) is 14.5. The standard InChI is InChI=1S/C43H82O4/c1-3-5-7-9-11-12-13-14-15-16-17-18-19-20-21-22-23-24-25-26-27-32-36-40-43(46)47-41(37-33-29-10-8-6-4-2)38-34-30-28-31-35-39-42(44)45/h16-17,41H,3-15,18-40H2,1-2H3,(H,44,45)/b17-16-. The average Bonchev–Trinajstić information content (AvgIpc) is 3.05. The third-order valence-electron chi connectivity index (χ3n) is 9.74. The number of hydrogen-bond acceptors (Lipinski definition) is 3. The zero-order valence-corrected chi connectivity index (χ0v) is 31.9. The van der Waals surface area contributed by atoms with Gasteiger partial charge < -0.3 is 9.84 Å². The van der Waals surface area contributed by atoms with E-state index >= 15 is 0 Å². The van der Waals surface area contributed by atoms with Gasteiger partial charge in [-0.2, -0.15) is 0 Å². The Balaban J connectivity index is 3.70. The van der Waals surface area contributed by atoms with Crippen molar-refractivity contribution in [2.24, 2.45) is 0 Å². The Morgan fingerprint density at radius 1 is 0.447 bits per heavy atom. The molecule has 1 atom stereocenters. The van der Waals surface area contributed by atoms with E-state index in [4.69, 9.17) is 9.84 Å². The summed E-state index contributed by atoms with van der Waals surface area (Å²) >= 11 is 0. The molecule has 1 N–H and O–H groups in total. The maximum atomic E-state index is 12.6. The third kappa shape index (κ3) is 39.0. The first-order valence-electron chi connectivity index (χ1n) is 21.2. The van der Waals surface area contributed by atoms with E-state index in [1.54, 1.807) is 0 Å².